The molecule has 6 rings (SSSR count). The Kier molecular flexibility index (Phi) is 5.72. The normalized spacial score (nSPS) is 11.5. The number of benzene rings is 4. The van der Waals surface area contributed by atoms with Gasteiger partial charge in [0.2, 0.25) is 0 Å². The molecule has 2 aliphatic rings. The summed E-state index contributed by atoms with van der Waals surface area (Å²) in [5, 5.41) is 0. The molecule has 0 fully saturated rings. The molecule has 0 saturated carbocycles. The van der Waals surface area contributed by atoms with Gasteiger partial charge in [0.1, 0.15) is 0 Å². The second-order valence-corrected chi connectivity index (χ2v) is 7.39. The van der Waals surface area contributed by atoms with E-state index in [1.807, 2.05) is 6.92 Å². The van der Waals surface area contributed by atoms with Crippen molar-refractivity contribution in [3.63, 3.8) is 0 Å². The summed E-state index contributed by atoms with van der Waals surface area (Å²) >= 11 is 0. The van der Waals surface area contributed by atoms with Crippen molar-refractivity contribution < 1.29 is 0 Å². The highest BCUT2D eigenvalue weighted by atomic mass is 14.2. The summed E-state index contributed by atoms with van der Waals surface area (Å²) in [5.41, 5.74) is 11.5. The number of allylic oxidation sites excluding steroid dienone is 1. The van der Waals surface area contributed by atoms with Gasteiger partial charge in [0.05, 0.1) is 0 Å². The number of rotatable bonds is 0. The summed E-state index contributed by atoms with van der Waals surface area (Å²) in [5.74, 6) is 0. The van der Waals surface area contributed by atoms with Crippen LogP contribution in [0.4, 0.5) is 0 Å². The van der Waals surface area contributed by atoms with Crippen LogP contribution in [-0.2, 0) is 12.8 Å². The zero-order chi connectivity index (χ0) is 20.1. The van der Waals surface area contributed by atoms with Crippen LogP contribution in [0.2, 0.25) is 0 Å². The molecule has 0 aliphatic heterocycles. The van der Waals surface area contributed by atoms with Gasteiger partial charge in [0, 0.05) is 0 Å². The van der Waals surface area contributed by atoms with Gasteiger partial charge >= 0.3 is 0 Å². The molecule has 4 aromatic carbocycles. The summed E-state index contributed by atoms with van der Waals surface area (Å²) in [6.07, 6.45) is 3.96. The van der Waals surface area contributed by atoms with Gasteiger partial charge in [0.25, 0.3) is 0 Å². The van der Waals surface area contributed by atoms with E-state index in [1.165, 1.54) is 44.5 Å². The van der Waals surface area contributed by atoms with Crippen LogP contribution < -0.4 is 0 Å². The summed E-state index contributed by atoms with van der Waals surface area (Å²) < 4.78 is 0. The highest BCUT2D eigenvalue weighted by Gasteiger charge is 2.16. The first-order valence-electron chi connectivity index (χ1n) is 10.2. The third-order valence-corrected chi connectivity index (χ3v) is 5.41. The Balaban J connectivity index is 0.000000125. The van der Waals surface area contributed by atoms with E-state index in [0.29, 0.717) is 0 Å². The lowest BCUT2D eigenvalue weighted by atomic mass is 10.1. The van der Waals surface area contributed by atoms with Gasteiger partial charge in [-0.25, -0.2) is 0 Å². The zero-order valence-corrected chi connectivity index (χ0v) is 16.9. The van der Waals surface area contributed by atoms with E-state index in [2.05, 4.69) is 104 Å². The van der Waals surface area contributed by atoms with Gasteiger partial charge in [-0.15, -0.1) is 6.58 Å². The molecule has 0 radical (unpaired) electrons. The maximum Gasteiger partial charge on any atom is -0.00135 e. The van der Waals surface area contributed by atoms with Crippen molar-refractivity contribution in [1.82, 2.24) is 0 Å². The SMILES string of the molecule is C=CC.c1ccc2c(c1)Cc1ccccc1-2.c1ccc2c(c1)Cc1ccccc1-2. The first kappa shape index (κ1) is 19.0. The van der Waals surface area contributed by atoms with E-state index in [-0.39, 0.29) is 0 Å². The molecule has 0 aromatic heterocycles. The predicted molar refractivity (Wildman–Crippen MR) is 125 cm³/mol. The lowest BCUT2D eigenvalue weighted by Crippen LogP contribution is -1.77. The topological polar surface area (TPSA) is 0 Å². The van der Waals surface area contributed by atoms with Crippen molar-refractivity contribution in [2.75, 3.05) is 0 Å². The quantitative estimate of drug-likeness (QED) is 0.239. The Morgan fingerprint density at radius 2 is 0.690 bits per heavy atom. The second kappa shape index (κ2) is 8.75. The number of hydrogen-bond acceptors (Lipinski definition) is 0. The van der Waals surface area contributed by atoms with Gasteiger partial charge in [-0.05, 0) is 64.3 Å². The molecule has 2 aliphatic carbocycles. The smallest absolute Gasteiger partial charge is 0.00135 e. The first-order valence-corrected chi connectivity index (χ1v) is 10.2. The van der Waals surface area contributed by atoms with Crippen molar-refractivity contribution >= 4 is 0 Å². The molecule has 0 saturated heterocycles. The lowest BCUT2D eigenvalue weighted by Gasteiger charge is -1.98. The van der Waals surface area contributed by atoms with Crippen molar-refractivity contribution in [2.45, 2.75) is 19.8 Å². The van der Waals surface area contributed by atoms with Gasteiger partial charge in [0.15, 0.2) is 0 Å². The van der Waals surface area contributed by atoms with Crippen molar-refractivity contribution in [1.29, 1.82) is 0 Å². The highest BCUT2D eigenvalue weighted by molar-refractivity contribution is 5.77. The molecule has 0 unspecified atom stereocenters. The molecule has 0 nitrogen and oxygen atoms in total. The Hall–Kier alpha value is -3.38. The Bertz CT molecular complexity index is 958. The average Bonchev–Trinajstić information content (AvgIpc) is 3.33. The third-order valence-electron chi connectivity index (χ3n) is 5.41. The highest BCUT2D eigenvalue weighted by Crippen LogP contribution is 2.36. The first-order chi connectivity index (χ1) is 14.3. The summed E-state index contributed by atoms with van der Waals surface area (Å²) in [6.45, 7) is 5.25. The van der Waals surface area contributed by atoms with E-state index in [9.17, 15) is 0 Å². The van der Waals surface area contributed by atoms with Crippen LogP contribution in [0.3, 0.4) is 0 Å². The van der Waals surface area contributed by atoms with Crippen LogP contribution >= 0.6 is 0 Å². The molecule has 0 amide bonds. The summed E-state index contributed by atoms with van der Waals surface area (Å²) in [7, 11) is 0. The van der Waals surface area contributed by atoms with E-state index in [1.54, 1.807) is 6.08 Å². The largest absolute Gasteiger partial charge is 0.103 e. The van der Waals surface area contributed by atoms with Crippen molar-refractivity contribution in [2.24, 2.45) is 0 Å². The fourth-order valence-electron chi connectivity index (χ4n) is 4.16. The van der Waals surface area contributed by atoms with E-state index >= 15 is 0 Å². The minimum atomic E-state index is 1.10. The average molecular weight is 375 g/mol. The maximum atomic E-state index is 3.36. The number of fused-ring (bicyclic) bond motifs is 6. The van der Waals surface area contributed by atoms with E-state index in [4.69, 9.17) is 0 Å². The fraction of sp³-hybridized carbons (Fsp3) is 0.103. The molecular weight excluding hydrogens is 348 g/mol. The predicted octanol–water partition coefficient (Wildman–Crippen LogP) is 7.71. The maximum absolute atomic E-state index is 3.36. The molecule has 0 atom stereocenters. The van der Waals surface area contributed by atoms with Crippen molar-refractivity contribution in [3.8, 4) is 22.3 Å². The van der Waals surface area contributed by atoms with Gasteiger partial charge in [-0.3, -0.25) is 0 Å². The monoisotopic (exact) mass is 374 g/mol. The molecule has 0 heteroatoms. The van der Waals surface area contributed by atoms with Gasteiger partial charge in [-0.2, -0.15) is 0 Å². The molecule has 4 aromatic rings. The fourth-order valence-corrected chi connectivity index (χ4v) is 4.16. The molecule has 0 heterocycles. The van der Waals surface area contributed by atoms with Crippen LogP contribution in [-0.4, -0.2) is 0 Å². The van der Waals surface area contributed by atoms with Gasteiger partial charge < -0.3 is 0 Å². The van der Waals surface area contributed by atoms with Crippen LogP contribution in [0.15, 0.2) is 110 Å². The summed E-state index contributed by atoms with van der Waals surface area (Å²) in [4.78, 5) is 0. The molecule has 29 heavy (non-hydrogen) atoms. The van der Waals surface area contributed by atoms with Crippen molar-refractivity contribution in [3.05, 3.63) is 132 Å². The molecule has 0 bridgehead atoms. The molecule has 0 N–H and O–H groups in total. The van der Waals surface area contributed by atoms with E-state index in [0.717, 1.165) is 12.8 Å². The van der Waals surface area contributed by atoms with Crippen LogP contribution in [0, 0.1) is 0 Å². The summed E-state index contributed by atoms with van der Waals surface area (Å²) in [6, 6.07) is 34.6. The zero-order valence-electron chi connectivity index (χ0n) is 16.9. The van der Waals surface area contributed by atoms with Crippen LogP contribution in [0.1, 0.15) is 29.2 Å². The Morgan fingerprint density at radius 3 is 0.931 bits per heavy atom. The second-order valence-electron chi connectivity index (χ2n) is 7.39. The molecular formula is C29H26. The minimum absolute atomic E-state index is 1.10. The Morgan fingerprint density at radius 1 is 0.483 bits per heavy atom. The van der Waals surface area contributed by atoms with Crippen LogP contribution in [0.5, 0.6) is 0 Å². The number of hydrogen-bond donors (Lipinski definition) is 0. The lowest BCUT2D eigenvalue weighted by molar-refractivity contribution is 1.26. The Labute approximate surface area is 174 Å². The minimum Gasteiger partial charge on any atom is -0.103 e. The standard InChI is InChI=1S/2C13H10.C3H6/c2*1-3-7-12-10(5-1)9-11-6-2-4-8-13(11)12;1-3-2/h2*1-8H,9H2;3H,1H2,2H3. The third kappa shape index (κ3) is 3.93. The van der Waals surface area contributed by atoms with Gasteiger partial charge in [-0.1, -0.05) is 103 Å². The molecule has 142 valence electrons. The van der Waals surface area contributed by atoms with Crippen LogP contribution in [0.25, 0.3) is 22.3 Å². The molecule has 0 spiro atoms. The van der Waals surface area contributed by atoms with E-state index < -0.39 is 0 Å².